The van der Waals surface area contributed by atoms with Gasteiger partial charge in [0.1, 0.15) is 0 Å². The van der Waals surface area contributed by atoms with Crippen LogP contribution in [0.15, 0.2) is 12.1 Å². The van der Waals surface area contributed by atoms with Gasteiger partial charge in [0.15, 0.2) is 17.3 Å². The van der Waals surface area contributed by atoms with Gasteiger partial charge in [-0.1, -0.05) is 0 Å². The van der Waals surface area contributed by atoms with Crippen molar-refractivity contribution in [2.75, 3.05) is 21.3 Å². The van der Waals surface area contributed by atoms with Crippen LogP contribution in [0.3, 0.4) is 0 Å². The van der Waals surface area contributed by atoms with Crippen LogP contribution in [0.2, 0.25) is 0 Å². The predicted molar refractivity (Wildman–Crippen MR) is 64.1 cm³/mol. The first-order chi connectivity index (χ1) is 8.06. The number of carbonyl (C=O) groups excluding carboxylic acids is 1. The highest BCUT2D eigenvalue weighted by atomic mass is 16.5. The molecule has 0 saturated heterocycles. The zero-order chi connectivity index (χ0) is 13.0. The Morgan fingerprint density at radius 2 is 1.71 bits per heavy atom. The average molecular weight is 239 g/mol. The minimum atomic E-state index is -0.595. The molecular weight excluding hydrogens is 222 g/mol. The molecule has 0 radical (unpaired) electrons. The number of hydrogen-bond acceptors (Lipinski definition) is 5. The summed E-state index contributed by atoms with van der Waals surface area (Å²) >= 11 is 0. The van der Waals surface area contributed by atoms with Crippen molar-refractivity contribution >= 4 is 5.78 Å². The summed E-state index contributed by atoms with van der Waals surface area (Å²) in [7, 11) is 4.47. The lowest BCUT2D eigenvalue weighted by Crippen LogP contribution is -2.27. The zero-order valence-corrected chi connectivity index (χ0v) is 10.4. The van der Waals surface area contributed by atoms with Crippen molar-refractivity contribution in [1.82, 2.24) is 0 Å². The molecular formula is C12H17NO4. The molecule has 17 heavy (non-hydrogen) atoms. The van der Waals surface area contributed by atoms with Crippen molar-refractivity contribution in [3.63, 3.8) is 0 Å². The molecule has 1 unspecified atom stereocenters. The first-order valence-corrected chi connectivity index (χ1v) is 5.15. The van der Waals surface area contributed by atoms with Gasteiger partial charge in [0.25, 0.3) is 0 Å². The molecule has 5 nitrogen and oxygen atoms in total. The molecule has 2 N–H and O–H groups in total. The monoisotopic (exact) mass is 239 g/mol. The molecule has 0 heterocycles. The highest BCUT2D eigenvalue weighted by molar-refractivity contribution is 6.03. The number of ether oxygens (including phenoxy) is 3. The fourth-order valence-corrected chi connectivity index (χ4v) is 1.54. The highest BCUT2D eigenvalue weighted by Gasteiger charge is 2.22. The molecule has 0 spiro atoms. The zero-order valence-electron chi connectivity index (χ0n) is 10.4. The van der Waals surface area contributed by atoms with Crippen molar-refractivity contribution in [2.45, 2.75) is 13.0 Å². The van der Waals surface area contributed by atoms with Crippen molar-refractivity contribution in [3.05, 3.63) is 17.7 Å². The van der Waals surface area contributed by atoms with E-state index >= 15 is 0 Å². The third-order valence-corrected chi connectivity index (χ3v) is 2.38. The maximum atomic E-state index is 11.9. The van der Waals surface area contributed by atoms with E-state index in [0.717, 1.165) is 0 Å². The number of rotatable bonds is 5. The van der Waals surface area contributed by atoms with Gasteiger partial charge in [0, 0.05) is 0 Å². The third kappa shape index (κ3) is 2.50. The van der Waals surface area contributed by atoms with E-state index in [1.54, 1.807) is 19.1 Å². The summed E-state index contributed by atoms with van der Waals surface area (Å²) in [5, 5.41) is 0. The number of Topliss-reactive ketones (excluding diaryl/α,β-unsaturated/α-hetero) is 1. The molecule has 0 aliphatic carbocycles. The summed E-state index contributed by atoms with van der Waals surface area (Å²) in [6, 6.07) is 2.67. The van der Waals surface area contributed by atoms with E-state index < -0.39 is 6.04 Å². The Morgan fingerprint density at radius 1 is 1.12 bits per heavy atom. The Bertz CT molecular complexity index is 415. The van der Waals surface area contributed by atoms with Gasteiger partial charge in [-0.15, -0.1) is 0 Å². The van der Waals surface area contributed by atoms with E-state index in [1.807, 2.05) is 0 Å². The third-order valence-electron chi connectivity index (χ3n) is 2.38. The second kappa shape index (κ2) is 5.54. The van der Waals surface area contributed by atoms with E-state index in [1.165, 1.54) is 21.3 Å². The predicted octanol–water partition coefficient (Wildman–Crippen LogP) is 1.24. The summed E-state index contributed by atoms with van der Waals surface area (Å²) < 4.78 is 15.5. The van der Waals surface area contributed by atoms with Crippen LogP contribution in [0, 0.1) is 0 Å². The van der Waals surface area contributed by atoms with Crippen LogP contribution in [0.1, 0.15) is 17.3 Å². The minimum Gasteiger partial charge on any atom is -0.493 e. The first kappa shape index (κ1) is 13.3. The fraction of sp³-hybridized carbons (Fsp3) is 0.417. The van der Waals surface area contributed by atoms with Crippen LogP contribution < -0.4 is 19.9 Å². The molecule has 0 aromatic heterocycles. The van der Waals surface area contributed by atoms with Crippen LogP contribution in [0.4, 0.5) is 0 Å². The van der Waals surface area contributed by atoms with Gasteiger partial charge in [0.2, 0.25) is 5.75 Å². The van der Waals surface area contributed by atoms with Crippen molar-refractivity contribution in [2.24, 2.45) is 5.73 Å². The molecule has 0 aliphatic heterocycles. The number of methoxy groups -OCH3 is 3. The van der Waals surface area contributed by atoms with Gasteiger partial charge in [-0.3, -0.25) is 4.79 Å². The number of benzene rings is 1. The number of nitrogens with two attached hydrogens (primary N) is 1. The largest absolute Gasteiger partial charge is 0.493 e. The molecule has 0 bridgehead atoms. The fourth-order valence-electron chi connectivity index (χ4n) is 1.54. The second-order valence-electron chi connectivity index (χ2n) is 3.53. The van der Waals surface area contributed by atoms with Crippen molar-refractivity contribution < 1.29 is 19.0 Å². The van der Waals surface area contributed by atoms with Crippen LogP contribution >= 0.6 is 0 Å². The highest BCUT2D eigenvalue weighted by Crippen LogP contribution is 2.39. The standard InChI is InChI=1S/C12H17NO4/c1-7(13)10(14)8-5-6-9(15-2)12(17-4)11(8)16-3/h5-7H,13H2,1-4H3. The van der Waals surface area contributed by atoms with E-state index in [2.05, 4.69) is 0 Å². The van der Waals surface area contributed by atoms with Gasteiger partial charge in [0.05, 0.1) is 32.9 Å². The number of carbonyl (C=O) groups is 1. The van der Waals surface area contributed by atoms with Crippen molar-refractivity contribution in [3.8, 4) is 17.2 Å². The minimum absolute atomic E-state index is 0.206. The molecule has 0 saturated carbocycles. The maximum Gasteiger partial charge on any atom is 0.204 e. The van der Waals surface area contributed by atoms with E-state index in [4.69, 9.17) is 19.9 Å². The molecule has 0 amide bonds. The van der Waals surface area contributed by atoms with Gasteiger partial charge >= 0.3 is 0 Å². The summed E-state index contributed by atoms with van der Waals surface area (Å²) in [5.41, 5.74) is 5.97. The molecule has 0 fully saturated rings. The summed E-state index contributed by atoms with van der Waals surface area (Å²) in [4.78, 5) is 11.9. The van der Waals surface area contributed by atoms with Crippen LogP contribution in [-0.4, -0.2) is 33.2 Å². The summed E-state index contributed by atoms with van der Waals surface area (Å²) in [6.07, 6.45) is 0. The van der Waals surface area contributed by atoms with Gasteiger partial charge in [-0.2, -0.15) is 0 Å². The molecule has 0 aliphatic rings. The van der Waals surface area contributed by atoms with Crippen LogP contribution in [-0.2, 0) is 0 Å². The number of ketones is 1. The normalized spacial score (nSPS) is 11.8. The maximum absolute atomic E-state index is 11.9. The lowest BCUT2D eigenvalue weighted by atomic mass is 10.0. The van der Waals surface area contributed by atoms with Gasteiger partial charge in [-0.25, -0.2) is 0 Å². The van der Waals surface area contributed by atoms with E-state index in [9.17, 15) is 4.79 Å². The van der Waals surface area contributed by atoms with Crippen molar-refractivity contribution in [1.29, 1.82) is 0 Å². The quantitative estimate of drug-likeness (QED) is 0.783. The summed E-state index contributed by atoms with van der Waals surface area (Å²) in [5.74, 6) is 1.03. The Hall–Kier alpha value is -1.75. The Labute approximate surface area is 100 Å². The SMILES string of the molecule is COc1ccc(C(=O)C(C)N)c(OC)c1OC. The first-order valence-electron chi connectivity index (χ1n) is 5.15. The Balaban J connectivity index is 3.38. The second-order valence-corrected chi connectivity index (χ2v) is 3.53. The molecule has 1 rings (SSSR count). The molecule has 1 aromatic rings. The molecule has 1 atom stereocenters. The number of hydrogen-bond donors (Lipinski definition) is 1. The summed E-state index contributed by atoms with van der Waals surface area (Å²) in [6.45, 7) is 1.62. The molecule has 5 heteroatoms. The van der Waals surface area contributed by atoms with Crippen LogP contribution in [0.25, 0.3) is 0 Å². The van der Waals surface area contributed by atoms with Gasteiger partial charge in [-0.05, 0) is 19.1 Å². The lowest BCUT2D eigenvalue weighted by Gasteiger charge is -2.15. The molecule has 94 valence electrons. The average Bonchev–Trinajstić information content (AvgIpc) is 2.35. The molecule has 1 aromatic carbocycles. The Kier molecular flexibility index (Phi) is 4.34. The topological polar surface area (TPSA) is 70.8 Å². The van der Waals surface area contributed by atoms with Crippen LogP contribution in [0.5, 0.6) is 17.2 Å². The Morgan fingerprint density at radius 3 is 2.12 bits per heavy atom. The smallest absolute Gasteiger partial charge is 0.204 e. The van der Waals surface area contributed by atoms with E-state index in [0.29, 0.717) is 22.8 Å². The lowest BCUT2D eigenvalue weighted by molar-refractivity contribution is 0.0964. The van der Waals surface area contributed by atoms with E-state index in [-0.39, 0.29) is 5.78 Å². The van der Waals surface area contributed by atoms with Gasteiger partial charge < -0.3 is 19.9 Å².